The first-order valence-corrected chi connectivity index (χ1v) is 5.88. The molecule has 0 aromatic heterocycles. The Morgan fingerprint density at radius 1 is 0.933 bits per heavy atom. The summed E-state index contributed by atoms with van der Waals surface area (Å²) < 4.78 is 0. The van der Waals surface area contributed by atoms with Gasteiger partial charge in [0.1, 0.15) is 0 Å². The van der Waals surface area contributed by atoms with Crippen molar-refractivity contribution in [2.45, 2.75) is 66.3 Å². The molecule has 2 nitrogen and oxygen atoms in total. The van der Waals surface area contributed by atoms with E-state index in [9.17, 15) is 0 Å². The zero-order valence-corrected chi connectivity index (χ0v) is 10.3. The van der Waals surface area contributed by atoms with Crippen LogP contribution in [-0.2, 0) is 0 Å². The van der Waals surface area contributed by atoms with Gasteiger partial charge in [-0.3, -0.25) is 0 Å². The Bertz CT molecular complexity index is 129. The predicted molar refractivity (Wildman–Crippen MR) is 70.8 cm³/mol. The Balaban J connectivity index is 0. The average Bonchev–Trinajstić information content (AvgIpc) is 2.11. The number of hydrogen-bond donors (Lipinski definition) is 2. The first kappa shape index (κ1) is 17.3. The third-order valence-electron chi connectivity index (χ3n) is 2.85. The first-order chi connectivity index (χ1) is 6.39. The van der Waals surface area contributed by atoms with E-state index in [-0.39, 0.29) is 13.0 Å². The fraction of sp³-hybridized carbons (Fsp3) is 1.00. The van der Waals surface area contributed by atoms with Crippen LogP contribution in [0.4, 0.5) is 0 Å². The minimum Gasteiger partial charge on any atom is -0.329 e. The summed E-state index contributed by atoms with van der Waals surface area (Å²) in [5.41, 5.74) is 11.9. The van der Waals surface area contributed by atoms with Crippen molar-refractivity contribution in [3.63, 3.8) is 0 Å². The smallest absolute Gasteiger partial charge is 0.0278 e. The Kier molecular flexibility index (Phi) is 9.37. The lowest BCUT2D eigenvalue weighted by Gasteiger charge is -2.29. The highest BCUT2D eigenvalue weighted by Gasteiger charge is 2.22. The van der Waals surface area contributed by atoms with Gasteiger partial charge in [-0.15, -0.1) is 0 Å². The highest BCUT2D eigenvalue weighted by Crippen LogP contribution is 2.20. The van der Waals surface area contributed by atoms with E-state index < -0.39 is 0 Å². The quantitative estimate of drug-likeness (QED) is 0.687. The van der Waals surface area contributed by atoms with E-state index in [1.807, 2.05) is 0 Å². The zero-order chi connectivity index (χ0) is 11.2. The fourth-order valence-electron chi connectivity index (χ4n) is 1.48. The van der Waals surface area contributed by atoms with Gasteiger partial charge in [0.2, 0.25) is 0 Å². The second-order valence-corrected chi connectivity index (χ2v) is 5.43. The Morgan fingerprint density at radius 3 is 1.47 bits per heavy atom. The summed E-state index contributed by atoms with van der Waals surface area (Å²) in [7, 11) is 0. The van der Waals surface area contributed by atoms with E-state index in [0.717, 1.165) is 24.7 Å². The normalized spacial score (nSPS) is 12.0. The molecule has 94 valence electrons. The number of rotatable bonds is 7. The van der Waals surface area contributed by atoms with Crippen LogP contribution >= 0.6 is 0 Å². The lowest BCUT2D eigenvalue weighted by molar-refractivity contribution is 0.318. The molecule has 0 fully saturated rings. The molecule has 0 aromatic rings. The standard InChI is InChI=1S/C12H28N2.CH4/c1-10(2)5-7-12(14,9-13)8-6-11(3)4;/h10-11H,5-9,13-14H2,1-4H3;1H4. The summed E-state index contributed by atoms with van der Waals surface area (Å²) >= 11 is 0. The summed E-state index contributed by atoms with van der Waals surface area (Å²) in [5, 5.41) is 0. The zero-order valence-electron chi connectivity index (χ0n) is 10.3. The molecule has 0 saturated carbocycles. The fourth-order valence-corrected chi connectivity index (χ4v) is 1.48. The van der Waals surface area contributed by atoms with E-state index in [2.05, 4.69) is 27.7 Å². The third-order valence-corrected chi connectivity index (χ3v) is 2.85. The molecule has 0 aliphatic heterocycles. The molecule has 15 heavy (non-hydrogen) atoms. The van der Waals surface area contributed by atoms with Crippen LogP contribution in [0.15, 0.2) is 0 Å². The minimum atomic E-state index is -0.117. The molecule has 0 amide bonds. The van der Waals surface area contributed by atoms with Gasteiger partial charge in [0.15, 0.2) is 0 Å². The average molecular weight is 216 g/mol. The van der Waals surface area contributed by atoms with Crippen molar-refractivity contribution in [2.24, 2.45) is 23.3 Å². The van der Waals surface area contributed by atoms with Crippen molar-refractivity contribution in [1.29, 1.82) is 0 Å². The van der Waals surface area contributed by atoms with Crippen LogP contribution in [0.2, 0.25) is 0 Å². The molecule has 0 unspecified atom stereocenters. The maximum atomic E-state index is 6.27. The van der Waals surface area contributed by atoms with Crippen molar-refractivity contribution in [1.82, 2.24) is 0 Å². The van der Waals surface area contributed by atoms with Crippen LogP contribution in [0.3, 0.4) is 0 Å². The van der Waals surface area contributed by atoms with Gasteiger partial charge in [0, 0.05) is 12.1 Å². The number of nitrogens with two attached hydrogens (primary N) is 2. The maximum absolute atomic E-state index is 6.27. The van der Waals surface area contributed by atoms with Crippen LogP contribution in [0.5, 0.6) is 0 Å². The van der Waals surface area contributed by atoms with Crippen LogP contribution < -0.4 is 11.5 Å². The van der Waals surface area contributed by atoms with E-state index in [0.29, 0.717) is 6.54 Å². The molecular formula is C13H32N2. The molecule has 0 bridgehead atoms. The highest BCUT2D eigenvalue weighted by molar-refractivity contribution is 4.85. The van der Waals surface area contributed by atoms with Crippen molar-refractivity contribution in [3.8, 4) is 0 Å². The Labute approximate surface area is 96.8 Å². The maximum Gasteiger partial charge on any atom is 0.0278 e. The largest absolute Gasteiger partial charge is 0.329 e. The Morgan fingerprint density at radius 2 is 1.27 bits per heavy atom. The lowest BCUT2D eigenvalue weighted by atomic mass is 9.85. The number of hydrogen-bond acceptors (Lipinski definition) is 2. The van der Waals surface area contributed by atoms with Gasteiger partial charge in [-0.25, -0.2) is 0 Å². The van der Waals surface area contributed by atoms with Crippen molar-refractivity contribution >= 4 is 0 Å². The molecule has 0 atom stereocenters. The van der Waals surface area contributed by atoms with Gasteiger partial charge < -0.3 is 11.5 Å². The molecule has 0 aromatic carbocycles. The summed E-state index contributed by atoms with van der Waals surface area (Å²) in [4.78, 5) is 0. The van der Waals surface area contributed by atoms with E-state index in [1.165, 1.54) is 12.8 Å². The first-order valence-electron chi connectivity index (χ1n) is 5.88. The van der Waals surface area contributed by atoms with Gasteiger partial charge in [-0.1, -0.05) is 35.1 Å². The van der Waals surface area contributed by atoms with Crippen LogP contribution in [0.25, 0.3) is 0 Å². The van der Waals surface area contributed by atoms with Crippen molar-refractivity contribution < 1.29 is 0 Å². The minimum absolute atomic E-state index is 0. The molecule has 0 spiro atoms. The highest BCUT2D eigenvalue weighted by atomic mass is 14.8. The molecule has 0 radical (unpaired) electrons. The topological polar surface area (TPSA) is 52.0 Å². The monoisotopic (exact) mass is 216 g/mol. The van der Waals surface area contributed by atoms with E-state index in [1.54, 1.807) is 0 Å². The van der Waals surface area contributed by atoms with Gasteiger partial charge in [-0.2, -0.15) is 0 Å². The molecule has 0 saturated heterocycles. The van der Waals surface area contributed by atoms with Crippen LogP contribution in [0, 0.1) is 11.8 Å². The summed E-state index contributed by atoms with van der Waals surface area (Å²) in [6.45, 7) is 9.56. The van der Waals surface area contributed by atoms with Gasteiger partial charge >= 0.3 is 0 Å². The molecule has 4 N–H and O–H groups in total. The summed E-state index contributed by atoms with van der Waals surface area (Å²) in [6, 6.07) is 0. The summed E-state index contributed by atoms with van der Waals surface area (Å²) in [6.07, 6.45) is 4.50. The van der Waals surface area contributed by atoms with Crippen LogP contribution in [0.1, 0.15) is 60.8 Å². The molecule has 0 rings (SSSR count). The molecular weight excluding hydrogens is 184 g/mol. The molecule has 0 aliphatic carbocycles. The SMILES string of the molecule is C.CC(C)CCC(N)(CN)CCC(C)C. The Hall–Kier alpha value is -0.0800. The molecule has 2 heteroatoms. The molecule has 0 heterocycles. The second kappa shape index (κ2) is 8.12. The predicted octanol–water partition coefficient (Wildman–Crippen LogP) is 3.15. The third kappa shape index (κ3) is 8.88. The van der Waals surface area contributed by atoms with Crippen LogP contribution in [-0.4, -0.2) is 12.1 Å². The lowest BCUT2D eigenvalue weighted by Crippen LogP contribution is -2.47. The second-order valence-electron chi connectivity index (χ2n) is 5.43. The molecule has 0 aliphatic rings. The van der Waals surface area contributed by atoms with Crippen molar-refractivity contribution in [2.75, 3.05) is 6.54 Å². The van der Waals surface area contributed by atoms with Gasteiger partial charge in [0.25, 0.3) is 0 Å². The summed E-state index contributed by atoms with van der Waals surface area (Å²) in [5.74, 6) is 1.45. The van der Waals surface area contributed by atoms with E-state index >= 15 is 0 Å². The van der Waals surface area contributed by atoms with Gasteiger partial charge in [0.05, 0.1) is 0 Å². The van der Waals surface area contributed by atoms with Gasteiger partial charge in [-0.05, 0) is 37.5 Å². The van der Waals surface area contributed by atoms with Crippen molar-refractivity contribution in [3.05, 3.63) is 0 Å². The van der Waals surface area contributed by atoms with E-state index in [4.69, 9.17) is 11.5 Å².